The van der Waals surface area contributed by atoms with Gasteiger partial charge in [0.2, 0.25) is 0 Å². The molecule has 0 heterocycles. The zero-order valence-corrected chi connectivity index (χ0v) is 6.43. The van der Waals surface area contributed by atoms with Crippen molar-refractivity contribution in [2.45, 2.75) is 0 Å². The van der Waals surface area contributed by atoms with Crippen LogP contribution in [0.2, 0.25) is 0 Å². The van der Waals surface area contributed by atoms with E-state index in [9.17, 15) is 8.42 Å². The van der Waals surface area contributed by atoms with Crippen LogP contribution >= 0.6 is 0 Å². The van der Waals surface area contributed by atoms with Gasteiger partial charge in [-0.1, -0.05) is 0 Å². The Labute approximate surface area is 59.7 Å². The summed E-state index contributed by atoms with van der Waals surface area (Å²) in [6.45, 7) is 0.478. The van der Waals surface area contributed by atoms with Crippen LogP contribution in [0.15, 0.2) is 0 Å². The highest BCUT2D eigenvalue weighted by Crippen LogP contribution is 1.83. The first-order chi connectivity index (χ1) is 4.56. The van der Waals surface area contributed by atoms with E-state index in [1.54, 1.807) is 0 Å². The van der Waals surface area contributed by atoms with Crippen molar-refractivity contribution in [1.29, 1.82) is 0 Å². The Hall–Kier alpha value is -0.170. The first-order valence-electron chi connectivity index (χ1n) is 2.58. The average molecular weight is 170 g/mol. The number of ether oxygens (including phenoxy) is 2. The molecule has 0 aromatic heterocycles. The standard InChI is InChI=1S/C4H10O5S/c1-8-2-3-9-4-10(5,6)7/h2-4H2,1H3,(H,5,6,7). The van der Waals surface area contributed by atoms with Gasteiger partial charge in [-0.3, -0.25) is 4.55 Å². The van der Waals surface area contributed by atoms with Gasteiger partial charge in [-0.25, -0.2) is 0 Å². The van der Waals surface area contributed by atoms with Crippen LogP contribution in [0.1, 0.15) is 0 Å². The van der Waals surface area contributed by atoms with Gasteiger partial charge in [-0.2, -0.15) is 8.42 Å². The van der Waals surface area contributed by atoms with Crippen LogP contribution in [0.25, 0.3) is 0 Å². The molecule has 0 aromatic carbocycles. The molecule has 0 atom stereocenters. The summed E-state index contributed by atoms with van der Waals surface area (Å²) in [6, 6.07) is 0. The minimum absolute atomic E-state index is 0.163. The minimum atomic E-state index is -3.98. The summed E-state index contributed by atoms with van der Waals surface area (Å²) in [5, 5.41) is 0. The lowest BCUT2D eigenvalue weighted by Crippen LogP contribution is -2.10. The minimum Gasteiger partial charge on any atom is -0.382 e. The fourth-order valence-corrected chi connectivity index (χ4v) is 0.635. The van der Waals surface area contributed by atoms with E-state index in [1.807, 2.05) is 0 Å². The van der Waals surface area contributed by atoms with Crippen molar-refractivity contribution in [1.82, 2.24) is 0 Å². The largest absolute Gasteiger partial charge is 0.382 e. The van der Waals surface area contributed by atoms with Crippen molar-refractivity contribution in [2.75, 3.05) is 26.3 Å². The molecule has 0 saturated heterocycles. The van der Waals surface area contributed by atoms with E-state index < -0.39 is 16.1 Å². The van der Waals surface area contributed by atoms with Crippen LogP contribution < -0.4 is 0 Å². The van der Waals surface area contributed by atoms with Crippen molar-refractivity contribution in [2.24, 2.45) is 0 Å². The highest BCUT2D eigenvalue weighted by atomic mass is 32.2. The van der Waals surface area contributed by atoms with Gasteiger partial charge in [-0.15, -0.1) is 0 Å². The van der Waals surface area contributed by atoms with E-state index in [1.165, 1.54) is 7.11 Å². The van der Waals surface area contributed by atoms with Crippen LogP contribution in [-0.4, -0.2) is 39.2 Å². The molecule has 0 radical (unpaired) electrons. The van der Waals surface area contributed by atoms with Gasteiger partial charge < -0.3 is 9.47 Å². The van der Waals surface area contributed by atoms with Crippen LogP contribution in [0.4, 0.5) is 0 Å². The van der Waals surface area contributed by atoms with Gasteiger partial charge in [-0.05, 0) is 0 Å². The lowest BCUT2D eigenvalue weighted by molar-refractivity contribution is 0.0906. The molecule has 0 amide bonds. The molecule has 10 heavy (non-hydrogen) atoms. The molecular weight excluding hydrogens is 160 g/mol. The van der Waals surface area contributed by atoms with Crippen molar-refractivity contribution < 1.29 is 22.4 Å². The maximum atomic E-state index is 9.98. The molecule has 0 aliphatic heterocycles. The average Bonchev–Trinajstić information content (AvgIpc) is 1.78. The summed E-state index contributed by atoms with van der Waals surface area (Å²) in [5.41, 5.74) is 0. The number of methoxy groups -OCH3 is 1. The molecule has 0 bridgehead atoms. The van der Waals surface area contributed by atoms with Crippen molar-refractivity contribution in [3.05, 3.63) is 0 Å². The van der Waals surface area contributed by atoms with Gasteiger partial charge in [0.25, 0.3) is 10.1 Å². The van der Waals surface area contributed by atoms with E-state index >= 15 is 0 Å². The predicted molar refractivity (Wildman–Crippen MR) is 34.2 cm³/mol. The lowest BCUT2D eigenvalue weighted by Gasteiger charge is -1.98. The fraction of sp³-hybridized carbons (Fsp3) is 1.00. The summed E-state index contributed by atoms with van der Waals surface area (Å²) < 4.78 is 37.1. The molecule has 0 rings (SSSR count). The first-order valence-corrected chi connectivity index (χ1v) is 4.19. The molecule has 0 fully saturated rings. The third-order valence-electron chi connectivity index (χ3n) is 0.664. The van der Waals surface area contributed by atoms with Gasteiger partial charge >= 0.3 is 0 Å². The van der Waals surface area contributed by atoms with E-state index in [4.69, 9.17) is 4.55 Å². The number of rotatable bonds is 5. The Bertz CT molecular complexity index is 160. The Morgan fingerprint density at radius 3 is 2.40 bits per heavy atom. The lowest BCUT2D eigenvalue weighted by atomic mass is 10.8. The van der Waals surface area contributed by atoms with E-state index in [0.717, 1.165) is 0 Å². The third kappa shape index (κ3) is 7.83. The van der Waals surface area contributed by atoms with E-state index in [-0.39, 0.29) is 6.61 Å². The first kappa shape index (κ1) is 9.83. The molecule has 62 valence electrons. The predicted octanol–water partition coefficient (Wildman–Crippen LogP) is -0.505. The Kier molecular flexibility index (Phi) is 4.54. The van der Waals surface area contributed by atoms with Crippen LogP contribution in [-0.2, 0) is 19.6 Å². The molecule has 6 heteroatoms. The molecule has 0 unspecified atom stereocenters. The molecular formula is C4H10O5S. The summed E-state index contributed by atoms with van der Waals surface area (Å²) in [4.78, 5) is 0. The normalized spacial score (nSPS) is 11.8. The SMILES string of the molecule is COCCOCS(=O)(=O)O. The molecule has 0 aliphatic rings. The van der Waals surface area contributed by atoms with Crippen LogP contribution in [0, 0.1) is 0 Å². The summed E-state index contributed by atoms with van der Waals surface area (Å²) >= 11 is 0. The molecule has 0 aromatic rings. The summed E-state index contributed by atoms with van der Waals surface area (Å²) in [7, 11) is -2.51. The van der Waals surface area contributed by atoms with E-state index in [0.29, 0.717) is 6.61 Å². The Morgan fingerprint density at radius 1 is 1.40 bits per heavy atom. The second kappa shape index (κ2) is 4.62. The van der Waals surface area contributed by atoms with Gasteiger partial charge in [0.15, 0.2) is 5.94 Å². The molecule has 1 N–H and O–H groups in total. The van der Waals surface area contributed by atoms with Crippen LogP contribution in [0.3, 0.4) is 0 Å². The fourth-order valence-electron chi connectivity index (χ4n) is 0.306. The maximum absolute atomic E-state index is 9.98. The topological polar surface area (TPSA) is 72.8 Å². The molecule has 0 saturated carbocycles. The molecule has 5 nitrogen and oxygen atoms in total. The highest BCUT2D eigenvalue weighted by molar-refractivity contribution is 7.85. The van der Waals surface area contributed by atoms with Gasteiger partial charge in [0, 0.05) is 7.11 Å². The Morgan fingerprint density at radius 2 is 2.00 bits per heavy atom. The monoisotopic (exact) mass is 170 g/mol. The summed E-state index contributed by atoms with van der Waals surface area (Å²) in [6.07, 6.45) is 0. The third-order valence-corrected chi connectivity index (χ3v) is 1.13. The zero-order valence-electron chi connectivity index (χ0n) is 5.61. The maximum Gasteiger partial charge on any atom is 0.289 e. The Balaban J connectivity index is 3.21. The quantitative estimate of drug-likeness (QED) is 0.444. The molecule has 0 spiro atoms. The second-order valence-electron chi connectivity index (χ2n) is 1.60. The second-order valence-corrected chi connectivity index (χ2v) is 3.00. The van der Waals surface area contributed by atoms with Gasteiger partial charge in [0.1, 0.15) is 0 Å². The number of hydrogen-bond acceptors (Lipinski definition) is 4. The zero-order chi connectivity index (χ0) is 8.04. The van der Waals surface area contributed by atoms with Crippen LogP contribution in [0.5, 0.6) is 0 Å². The smallest absolute Gasteiger partial charge is 0.289 e. The van der Waals surface area contributed by atoms with Crippen molar-refractivity contribution >= 4 is 10.1 Å². The highest BCUT2D eigenvalue weighted by Gasteiger charge is 2.02. The van der Waals surface area contributed by atoms with E-state index in [2.05, 4.69) is 9.47 Å². The molecule has 0 aliphatic carbocycles. The number of hydrogen-bond donors (Lipinski definition) is 1. The van der Waals surface area contributed by atoms with Gasteiger partial charge in [0.05, 0.1) is 13.2 Å². The van der Waals surface area contributed by atoms with Crippen molar-refractivity contribution in [3.63, 3.8) is 0 Å². The van der Waals surface area contributed by atoms with Crippen molar-refractivity contribution in [3.8, 4) is 0 Å². The summed E-state index contributed by atoms with van der Waals surface area (Å²) in [5.74, 6) is -0.670.